The average Bonchev–Trinajstić information content (AvgIpc) is 2.25. The Labute approximate surface area is 94.5 Å². The van der Waals surface area contributed by atoms with Crippen LogP contribution in [0.15, 0.2) is 23.4 Å². The maximum atomic E-state index is 13.1. The minimum atomic E-state index is -0.367. The molecule has 0 amide bonds. The summed E-state index contributed by atoms with van der Waals surface area (Å²) in [6, 6.07) is 4.15. The van der Waals surface area contributed by atoms with Crippen LogP contribution in [0.5, 0.6) is 5.75 Å². The molecule has 1 aromatic carbocycles. The summed E-state index contributed by atoms with van der Waals surface area (Å²) >= 11 is 0. The number of halogens is 1. The number of hydrogen-bond donors (Lipinski definition) is 1. The van der Waals surface area contributed by atoms with Gasteiger partial charge < -0.3 is 9.94 Å². The van der Waals surface area contributed by atoms with E-state index in [-0.39, 0.29) is 5.82 Å². The third-order valence-electron chi connectivity index (χ3n) is 2.06. The molecule has 0 heterocycles. The van der Waals surface area contributed by atoms with Crippen molar-refractivity contribution in [3.05, 3.63) is 29.6 Å². The van der Waals surface area contributed by atoms with Crippen molar-refractivity contribution in [3.8, 4) is 5.75 Å². The second-order valence-electron chi connectivity index (χ2n) is 4.03. The topological polar surface area (TPSA) is 41.8 Å². The molecular weight excluding hydrogens is 209 g/mol. The number of nitrogens with zero attached hydrogens (tertiary/aromatic N) is 1. The van der Waals surface area contributed by atoms with E-state index in [2.05, 4.69) is 5.16 Å². The SMILES string of the molecule is CC(=NO)c1ccc(F)cc1OCC(C)C. The summed E-state index contributed by atoms with van der Waals surface area (Å²) in [4.78, 5) is 0. The Hall–Kier alpha value is -1.58. The Morgan fingerprint density at radius 1 is 1.50 bits per heavy atom. The Morgan fingerprint density at radius 3 is 2.75 bits per heavy atom. The van der Waals surface area contributed by atoms with E-state index in [1.165, 1.54) is 12.1 Å². The fourth-order valence-corrected chi connectivity index (χ4v) is 1.22. The van der Waals surface area contributed by atoms with Crippen molar-refractivity contribution in [3.63, 3.8) is 0 Å². The first-order valence-corrected chi connectivity index (χ1v) is 5.16. The van der Waals surface area contributed by atoms with E-state index >= 15 is 0 Å². The van der Waals surface area contributed by atoms with E-state index in [0.29, 0.717) is 29.5 Å². The van der Waals surface area contributed by atoms with Gasteiger partial charge in [0.2, 0.25) is 0 Å². The Bertz CT molecular complexity index is 389. The van der Waals surface area contributed by atoms with Crippen molar-refractivity contribution < 1.29 is 14.3 Å². The highest BCUT2D eigenvalue weighted by molar-refractivity contribution is 6.00. The van der Waals surface area contributed by atoms with Crippen LogP contribution >= 0.6 is 0 Å². The molecule has 0 aliphatic heterocycles. The van der Waals surface area contributed by atoms with Gasteiger partial charge in [0.05, 0.1) is 12.3 Å². The largest absolute Gasteiger partial charge is 0.493 e. The van der Waals surface area contributed by atoms with Gasteiger partial charge in [0.15, 0.2) is 0 Å². The summed E-state index contributed by atoms with van der Waals surface area (Å²) in [6.07, 6.45) is 0. The van der Waals surface area contributed by atoms with Gasteiger partial charge in [-0.05, 0) is 25.0 Å². The lowest BCUT2D eigenvalue weighted by molar-refractivity contribution is 0.269. The second kappa shape index (κ2) is 5.49. The van der Waals surface area contributed by atoms with E-state index < -0.39 is 0 Å². The monoisotopic (exact) mass is 225 g/mol. The predicted molar refractivity (Wildman–Crippen MR) is 60.7 cm³/mol. The fourth-order valence-electron chi connectivity index (χ4n) is 1.22. The predicted octanol–water partition coefficient (Wildman–Crippen LogP) is 3.06. The van der Waals surface area contributed by atoms with Gasteiger partial charge >= 0.3 is 0 Å². The maximum absolute atomic E-state index is 13.1. The standard InChI is InChI=1S/C12H16FNO2/c1-8(2)7-16-12-6-10(13)4-5-11(12)9(3)14-15/h4-6,8,15H,7H2,1-3H3. The summed E-state index contributed by atoms with van der Waals surface area (Å²) in [5.74, 6) is 0.389. The van der Waals surface area contributed by atoms with Crippen LogP contribution in [0.2, 0.25) is 0 Å². The van der Waals surface area contributed by atoms with E-state index in [9.17, 15) is 4.39 Å². The van der Waals surface area contributed by atoms with Gasteiger partial charge in [-0.15, -0.1) is 0 Å². The highest BCUT2D eigenvalue weighted by Gasteiger charge is 2.09. The van der Waals surface area contributed by atoms with Crippen molar-refractivity contribution in [1.82, 2.24) is 0 Å². The molecular formula is C12H16FNO2. The third kappa shape index (κ3) is 3.22. The Morgan fingerprint density at radius 2 is 2.19 bits per heavy atom. The highest BCUT2D eigenvalue weighted by atomic mass is 19.1. The summed E-state index contributed by atoms with van der Waals surface area (Å²) in [6.45, 7) is 6.14. The molecule has 0 radical (unpaired) electrons. The zero-order valence-corrected chi connectivity index (χ0v) is 9.70. The van der Waals surface area contributed by atoms with E-state index in [4.69, 9.17) is 9.94 Å². The smallest absolute Gasteiger partial charge is 0.131 e. The number of ether oxygens (including phenoxy) is 1. The maximum Gasteiger partial charge on any atom is 0.131 e. The molecule has 0 unspecified atom stereocenters. The number of rotatable bonds is 4. The molecule has 0 bridgehead atoms. The van der Waals surface area contributed by atoms with Gasteiger partial charge in [-0.25, -0.2) is 4.39 Å². The van der Waals surface area contributed by atoms with Crippen molar-refractivity contribution in [2.24, 2.45) is 11.1 Å². The van der Waals surface area contributed by atoms with Crippen molar-refractivity contribution in [2.45, 2.75) is 20.8 Å². The number of hydrogen-bond acceptors (Lipinski definition) is 3. The molecule has 1 aromatic rings. The van der Waals surface area contributed by atoms with Crippen molar-refractivity contribution in [1.29, 1.82) is 0 Å². The van der Waals surface area contributed by atoms with Gasteiger partial charge in [0.1, 0.15) is 11.6 Å². The molecule has 0 fully saturated rings. The average molecular weight is 225 g/mol. The minimum absolute atomic E-state index is 0.350. The van der Waals surface area contributed by atoms with Gasteiger partial charge in [-0.1, -0.05) is 19.0 Å². The van der Waals surface area contributed by atoms with Gasteiger partial charge in [0.25, 0.3) is 0 Å². The normalized spacial score (nSPS) is 11.9. The lowest BCUT2D eigenvalue weighted by Gasteiger charge is -2.12. The minimum Gasteiger partial charge on any atom is -0.493 e. The molecule has 0 spiro atoms. The van der Waals surface area contributed by atoms with Crippen LogP contribution in [0, 0.1) is 11.7 Å². The van der Waals surface area contributed by atoms with E-state index in [1.54, 1.807) is 13.0 Å². The Balaban J connectivity index is 2.99. The molecule has 0 aliphatic carbocycles. The lowest BCUT2D eigenvalue weighted by Crippen LogP contribution is -2.08. The first-order chi connectivity index (χ1) is 7.54. The zero-order valence-electron chi connectivity index (χ0n) is 9.70. The number of oxime groups is 1. The second-order valence-corrected chi connectivity index (χ2v) is 4.03. The number of benzene rings is 1. The summed E-state index contributed by atoms with van der Waals surface area (Å²) in [5.41, 5.74) is 1.00. The molecule has 1 rings (SSSR count). The van der Waals surface area contributed by atoms with Crippen molar-refractivity contribution in [2.75, 3.05) is 6.61 Å². The lowest BCUT2D eigenvalue weighted by atomic mass is 10.1. The highest BCUT2D eigenvalue weighted by Crippen LogP contribution is 2.21. The van der Waals surface area contributed by atoms with Gasteiger partial charge in [-0.3, -0.25) is 0 Å². The third-order valence-corrected chi connectivity index (χ3v) is 2.06. The van der Waals surface area contributed by atoms with Crippen LogP contribution < -0.4 is 4.74 Å². The first kappa shape index (κ1) is 12.5. The molecule has 16 heavy (non-hydrogen) atoms. The molecule has 88 valence electrons. The summed E-state index contributed by atoms with van der Waals surface area (Å²) < 4.78 is 18.5. The summed E-state index contributed by atoms with van der Waals surface area (Å²) in [7, 11) is 0. The molecule has 0 aliphatic rings. The first-order valence-electron chi connectivity index (χ1n) is 5.16. The molecule has 0 atom stereocenters. The quantitative estimate of drug-likeness (QED) is 0.486. The Kier molecular flexibility index (Phi) is 4.28. The van der Waals surface area contributed by atoms with Crippen LogP contribution in [0.1, 0.15) is 26.3 Å². The van der Waals surface area contributed by atoms with Gasteiger partial charge in [0, 0.05) is 11.6 Å². The van der Waals surface area contributed by atoms with Crippen LogP contribution in [-0.4, -0.2) is 17.5 Å². The van der Waals surface area contributed by atoms with Crippen LogP contribution in [-0.2, 0) is 0 Å². The summed E-state index contributed by atoms with van der Waals surface area (Å²) in [5, 5.41) is 11.8. The van der Waals surface area contributed by atoms with Crippen molar-refractivity contribution >= 4 is 5.71 Å². The molecule has 0 aromatic heterocycles. The van der Waals surface area contributed by atoms with Crippen LogP contribution in [0.4, 0.5) is 4.39 Å². The molecule has 0 saturated carbocycles. The van der Waals surface area contributed by atoms with E-state index in [0.717, 1.165) is 0 Å². The molecule has 0 saturated heterocycles. The van der Waals surface area contributed by atoms with Crippen LogP contribution in [0.25, 0.3) is 0 Å². The molecule has 3 nitrogen and oxygen atoms in total. The van der Waals surface area contributed by atoms with Crippen LogP contribution in [0.3, 0.4) is 0 Å². The fraction of sp³-hybridized carbons (Fsp3) is 0.417. The molecule has 4 heteroatoms. The zero-order chi connectivity index (χ0) is 12.1. The molecule has 1 N–H and O–H groups in total. The van der Waals surface area contributed by atoms with E-state index in [1.807, 2.05) is 13.8 Å². The van der Waals surface area contributed by atoms with Gasteiger partial charge in [-0.2, -0.15) is 0 Å².